The first-order chi connectivity index (χ1) is 6.19. The fraction of sp³-hybridized carbons (Fsp3) is 0.222. The Hall–Kier alpha value is -1.58. The molecule has 3 nitrogen and oxygen atoms in total. The maximum atomic E-state index is 11.5. The van der Waals surface area contributed by atoms with E-state index in [0.29, 0.717) is 12.1 Å². The van der Waals surface area contributed by atoms with Gasteiger partial charge in [-0.2, -0.15) is 0 Å². The van der Waals surface area contributed by atoms with Crippen molar-refractivity contribution in [2.24, 2.45) is 0 Å². The van der Waals surface area contributed by atoms with Crippen LogP contribution in [0.15, 0.2) is 18.2 Å². The zero-order chi connectivity index (χ0) is 9.84. The van der Waals surface area contributed by atoms with Gasteiger partial charge in [-0.05, 0) is 30.2 Å². The van der Waals surface area contributed by atoms with E-state index in [2.05, 4.69) is 4.94 Å². The van der Waals surface area contributed by atoms with Crippen molar-refractivity contribution in [3.05, 3.63) is 29.3 Å². The van der Waals surface area contributed by atoms with Gasteiger partial charge in [0.1, 0.15) is 0 Å². The Kier molecular flexibility index (Phi) is 2.84. The molecule has 0 radical (unpaired) electrons. The molecule has 0 aliphatic heterocycles. The SMILES string of the molecule is CCc1cc(C(=O)OF)ccc1N. The largest absolute Gasteiger partial charge is 0.399 e. The third kappa shape index (κ3) is 1.96. The van der Waals surface area contributed by atoms with Gasteiger partial charge in [0.25, 0.3) is 0 Å². The van der Waals surface area contributed by atoms with Gasteiger partial charge in [-0.15, -0.1) is 0 Å². The smallest absolute Gasteiger partial charge is 0.379 e. The average molecular weight is 183 g/mol. The van der Waals surface area contributed by atoms with Crippen LogP contribution in [-0.2, 0) is 11.4 Å². The highest BCUT2D eigenvalue weighted by atomic mass is 19.3. The first kappa shape index (κ1) is 9.51. The Bertz CT molecular complexity index is 325. The molecular weight excluding hydrogens is 173 g/mol. The van der Waals surface area contributed by atoms with Crippen LogP contribution in [0, 0.1) is 0 Å². The van der Waals surface area contributed by atoms with E-state index >= 15 is 0 Å². The van der Waals surface area contributed by atoms with Gasteiger partial charge in [-0.1, -0.05) is 6.92 Å². The summed E-state index contributed by atoms with van der Waals surface area (Å²) in [6, 6.07) is 4.51. The van der Waals surface area contributed by atoms with Gasteiger partial charge in [0, 0.05) is 10.2 Å². The molecule has 0 fully saturated rings. The topological polar surface area (TPSA) is 52.3 Å². The normalized spacial score (nSPS) is 9.69. The molecule has 0 aliphatic carbocycles. The molecule has 0 spiro atoms. The van der Waals surface area contributed by atoms with Crippen LogP contribution in [-0.4, -0.2) is 5.97 Å². The molecule has 1 aromatic rings. The highest BCUT2D eigenvalue weighted by Crippen LogP contribution is 2.15. The van der Waals surface area contributed by atoms with Gasteiger partial charge >= 0.3 is 5.97 Å². The van der Waals surface area contributed by atoms with Crippen molar-refractivity contribution in [3.8, 4) is 0 Å². The molecule has 0 bridgehead atoms. The predicted molar refractivity (Wildman–Crippen MR) is 46.8 cm³/mol. The second kappa shape index (κ2) is 3.89. The first-order valence-corrected chi connectivity index (χ1v) is 3.90. The third-order valence-corrected chi connectivity index (χ3v) is 1.83. The Labute approximate surface area is 75.2 Å². The summed E-state index contributed by atoms with van der Waals surface area (Å²) in [4.78, 5) is 13.9. The van der Waals surface area contributed by atoms with Gasteiger partial charge in [0.05, 0.1) is 5.56 Å². The molecule has 0 saturated heterocycles. The number of rotatable bonds is 2. The van der Waals surface area contributed by atoms with Crippen molar-refractivity contribution in [2.75, 3.05) is 5.73 Å². The molecule has 0 aliphatic rings. The number of aryl methyl sites for hydroxylation is 1. The van der Waals surface area contributed by atoms with Gasteiger partial charge in [0.2, 0.25) is 0 Å². The quantitative estimate of drug-likeness (QED) is 0.712. The molecule has 0 atom stereocenters. The van der Waals surface area contributed by atoms with E-state index in [1.165, 1.54) is 12.1 Å². The second-order valence-electron chi connectivity index (χ2n) is 2.63. The Balaban J connectivity index is 3.06. The van der Waals surface area contributed by atoms with Crippen molar-refractivity contribution in [2.45, 2.75) is 13.3 Å². The molecule has 1 rings (SSSR count). The van der Waals surface area contributed by atoms with Gasteiger partial charge in [0.15, 0.2) is 0 Å². The molecule has 4 heteroatoms. The number of halogens is 1. The number of anilines is 1. The fourth-order valence-corrected chi connectivity index (χ4v) is 1.08. The highest BCUT2D eigenvalue weighted by Gasteiger charge is 2.09. The molecule has 0 aromatic heterocycles. The summed E-state index contributed by atoms with van der Waals surface area (Å²) in [5.74, 6) is -0.991. The number of nitrogens with two attached hydrogens (primary N) is 1. The van der Waals surface area contributed by atoms with E-state index in [-0.39, 0.29) is 5.56 Å². The lowest BCUT2D eigenvalue weighted by atomic mass is 10.1. The van der Waals surface area contributed by atoms with E-state index < -0.39 is 5.97 Å². The lowest BCUT2D eigenvalue weighted by Gasteiger charge is -2.03. The summed E-state index contributed by atoms with van der Waals surface area (Å²) >= 11 is 0. The summed E-state index contributed by atoms with van der Waals surface area (Å²) in [7, 11) is 0. The Morgan fingerprint density at radius 1 is 1.62 bits per heavy atom. The molecule has 0 amide bonds. The molecule has 1 aromatic carbocycles. The van der Waals surface area contributed by atoms with Crippen molar-refractivity contribution in [3.63, 3.8) is 0 Å². The number of carbonyl (C=O) groups excluding carboxylic acids is 1. The number of hydrogen-bond donors (Lipinski definition) is 1. The minimum atomic E-state index is -0.991. The van der Waals surface area contributed by atoms with Crippen LogP contribution in [0.1, 0.15) is 22.8 Å². The van der Waals surface area contributed by atoms with Crippen LogP contribution in [0.25, 0.3) is 0 Å². The standard InChI is InChI=1S/C9H10FNO2/c1-2-6-5-7(9(12)13-10)3-4-8(6)11/h3-5H,2,11H2,1H3. The van der Waals surface area contributed by atoms with Gasteiger partial charge in [-0.3, -0.25) is 0 Å². The number of hydrogen-bond acceptors (Lipinski definition) is 3. The predicted octanol–water partition coefficient (Wildman–Crippen LogP) is 1.87. The zero-order valence-electron chi connectivity index (χ0n) is 7.21. The summed E-state index contributed by atoms with van der Waals surface area (Å²) in [5.41, 5.74) is 7.17. The average Bonchev–Trinajstić information content (AvgIpc) is 2.17. The first-order valence-electron chi connectivity index (χ1n) is 3.90. The van der Waals surface area contributed by atoms with Crippen LogP contribution in [0.2, 0.25) is 0 Å². The monoisotopic (exact) mass is 183 g/mol. The maximum absolute atomic E-state index is 11.5. The maximum Gasteiger partial charge on any atom is 0.379 e. The number of carbonyl (C=O) groups is 1. The van der Waals surface area contributed by atoms with Crippen molar-refractivity contribution < 1.29 is 14.3 Å². The summed E-state index contributed by atoms with van der Waals surface area (Å²) in [6.45, 7) is 1.90. The minimum Gasteiger partial charge on any atom is -0.399 e. The van der Waals surface area contributed by atoms with E-state index in [0.717, 1.165) is 5.56 Å². The van der Waals surface area contributed by atoms with Crippen LogP contribution in [0.3, 0.4) is 0 Å². The van der Waals surface area contributed by atoms with E-state index in [1.54, 1.807) is 6.07 Å². The van der Waals surface area contributed by atoms with Gasteiger partial charge in [-0.25, -0.2) is 9.74 Å². The molecule has 0 saturated carbocycles. The molecule has 0 heterocycles. The summed E-state index contributed by atoms with van der Waals surface area (Å²) in [6.07, 6.45) is 0.694. The van der Waals surface area contributed by atoms with Crippen molar-refractivity contribution >= 4 is 11.7 Å². The van der Waals surface area contributed by atoms with E-state index in [1.807, 2.05) is 6.92 Å². The third-order valence-electron chi connectivity index (χ3n) is 1.83. The summed E-state index contributed by atoms with van der Waals surface area (Å²) in [5, 5.41) is 0. The van der Waals surface area contributed by atoms with Crippen LogP contribution in [0.4, 0.5) is 10.2 Å². The highest BCUT2D eigenvalue weighted by molar-refractivity contribution is 5.89. The van der Waals surface area contributed by atoms with Crippen molar-refractivity contribution in [1.29, 1.82) is 0 Å². The second-order valence-corrected chi connectivity index (χ2v) is 2.63. The molecule has 13 heavy (non-hydrogen) atoms. The Morgan fingerprint density at radius 2 is 2.31 bits per heavy atom. The number of benzene rings is 1. The summed E-state index contributed by atoms with van der Waals surface area (Å²) < 4.78 is 11.5. The van der Waals surface area contributed by atoms with Crippen LogP contribution in [0.5, 0.6) is 0 Å². The van der Waals surface area contributed by atoms with Gasteiger partial charge < -0.3 is 5.73 Å². The van der Waals surface area contributed by atoms with E-state index in [4.69, 9.17) is 5.73 Å². The minimum absolute atomic E-state index is 0.175. The van der Waals surface area contributed by atoms with Crippen molar-refractivity contribution in [1.82, 2.24) is 0 Å². The van der Waals surface area contributed by atoms with Crippen LogP contribution < -0.4 is 5.73 Å². The molecule has 0 unspecified atom stereocenters. The molecule has 70 valence electrons. The zero-order valence-corrected chi connectivity index (χ0v) is 7.21. The fourth-order valence-electron chi connectivity index (χ4n) is 1.08. The molecule has 2 N–H and O–H groups in total. The lowest BCUT2D eigenvalue weighted by Crippen LogP contribution is -2.01. The Morgan fingerprint density at radius 3 is 2.85 bits per heavy atom. The lowest BCUT2D eigenvalue weighted by molar-refractivity contribution is -0.0788. The number of nitrogen functional groups attached to an aromatic ring is 1. The van der Waals surface area contributed by atoms with Crippen LogP contribution >= 0.6 is 0 Å². The van der Waals surface area contributed by atoms with E-state index in [9.17, 15) is 9.32 Å². The molecular formula is C9H10FNO2.